The summed E-state index contributed by atoms with van der Waals surface area (Å²) >= 11 is 4.42. The van der Waals surface area contributed by atoms with Crippen LogP contribution >= 0.6 is 12.6 Å². The van der Waals surface area contributed by atoms with Gasteiger partial charge in [0.15, 0.2) is 0 Å². The maximum Gasteiger partial charge on any atom is 0.0211 e. The number of hydrogen-bond acceptors (Lipinski definition) is 1. The molecule has 4 aliphatic rings. The molecule has 4 rings (SSSR count). The van der Waals surface area contributed by atoms with E-state index in [2.05, 4.69) is 76.8 Å². The zero-order valence-corrected chi connectivity index (χ0v) is 19.5. The van der Waals surface area contributed by atoms with Crippen LogP contribution in [-0.2, 0) is 0 Å². The first-order valence-electron chi connectivity index (χ1n) is 11.7. The van der Waals surface area contributed by atoms with Gasteiger partial charge in [0, 0.05) is 10.8 Å². The average molecular weight is 397 g/mol. The van der Waals surface area contributed by atoms with Crippen LogP contribution in [0.4, 0.5) is 0 Å². The number of thiol groups is 1. The summed E-state index contributed by atoms with van der Waals surface area (Å²) in [5.41, 5.74) is 6.88. The standard InChI is InChI=1S/C24H32S.C3H8/c1-18-7-8-19-20-9-14-23(2,11-6-16-25)15-10-21(20)24(22(19)17-18)12-4-3-5-13-24;1-3-2/h8-10,14-15,17-18,25H,3-7,11-13,16H2,1-2H3;3H2,1-2H3. The quantitative estimate of drug-likeness (QED) is 0.455. The van der Waals surface area contributed by atoms with Gasteiger partial charge in [-0.05, 0) is 66.1 Å². The van der Waals surface area contributed by atoms with Gasteiger partial charge in [0.1, 0.15) is 0 Å². The zero-order valence-electron chi connectivity index (χ0n) is 18.6. The summed E-state index contributed by atoms with van der Waals surface area (Å²) in [6, 6.07) is 0. The van der Waals surface area contributed by atoms with Crippen LogP contribution in [0.2, 0.25) is 0 Å². The Morgan fingerprint density at radius 2 is 1.75 bits per heavy atom. The number of hydrogen-bond donors (Lipinski definition) is 1. The van der Waals surface area contributed by atoms with E-state index < -0.39 is 0 Å². The van der Waals surface area contributed by atoms with Gasteiger partial charge in [0.25, 0.3) is 0 Å². The summed E-state index contributed by atoms with van der Waals surface area (Å²) in [5, 5.41) is 0. The molecular formula is C27H40S. The maximum atomic E-state index is 4.42. The summed E-state index contributed by atoms with van der Waals surface area (Å²) < 4.78 is 0. The second-order valence-corrected chi connectivity index (χ2v) is 10.0. The highest BCUT2D eigenvalue weighted by Crippen LogP contribution is 2.60. The van der Waals surface area contributed by atoms with Gasteiger partial charge in [-0.3, -0.25) is 0 Å². The molecule has 0 nitrogen and oxygen atoms in total. The Morgan fingerprint density at radius 3 is 2.43 bits per heavy atom. The molecule has 0 bridgehead atoms. The molecule has 0 aliphatic heterocycles. The molecule has 0 amide bonds. The van der Waals surface area contributed by atoms with Crippen LogP contribution in [0, 0.1) is 16.7 Å². The smallest absolute Gasteiger partial charge is 0.0211 e. The van der Waals surface area contributed by atoms with Crippen LogP contribution in [0.1, 0.15) is 85.5 Å². The first kappa shape index (κ1) is 21.8. The maximum absolute atomic E-state index is 4.42. The van der Waals surface area contributed by atoms with Crippen molar-refractivity contribution >= 4 is 12.6 Å². The van der Waals surface area contributed by atoms with Gasteiger partial charge >= 0.3 is 0 Å². The Kier molecular flexibility index (Phi) is 7.18. The van der Waals surface area contributed by atoms with Crippen molar-refractivity contribution in [1.82, 2.24) is 0 Å². The van der Waals surface area contributed by atoms with Crippen molar-refractivity contribution in [3.63, 3.8) is 0 Å². The van der Waals surface area contributed by atoms with E-state index >= 15 is 0 Å². The van der Waals surface area contributed by atoms with E-state index in [0.717, 1.165) is 5.75 Å². The largest absolute Gasteiger partial charge is 0.179 e. The Labute approximate surface area is 179 Å². The van der Waals surface area contributed by atoms with Crippen molar-refractivity contribution in [3.8, 4) is 0 Å². The molecule has 1 fully saturated rings. The summed E-state index contributed by atoms with van der Waals surface area (Å²) in [6.07, 6.45) is 26.7. The molecule has 2 atom stereocenters. The average Bonchev–Trinajstić information content (AvgIpc) is 2.81. The molecule has 154 valence electrons. The molecule has 0 saturated heterocycles. The highest BCUT2D eigenvalue weighted by Gasteiger charge is 2.47. The van der Waals surface area contributed by atoms with Crippen molar-refractivity contribution in [2.24, 2.45) is 16.7 Å². The van der Waals surface area contributed by atoms with Gasteiger partial charge in [-0.15, -0.1) is 0 Å². The molecule has 0 heterocycles. The van der Waals surface area contributed by atoms with Crippen LogP contribution in [0.5, 0.6) is 0 Å². The van der Waals surface area contributed by atoms with E-state index in [1.807, 2.05) is 0 Å². The summed E-state index contributed by atoms with van der Waals surface area (Å²) in [5.74, 6) is 1.67. The van der Waals surface area contributed by atoms with E-state index in [1.54, 1.807) is 16.7 Å². The molecule has 2 unspecified atom stereocenters. The van der Waals surface area contributed by atoms with E-state index in [-0.39, 0.29) is 5.41 Å². The summed E-state index contributed by atoms with van der Waals surface area (Å²) in [6.45, 7) is 9.01. The third-order valence-corrected chi connectivity index (χ3v) is 7.20. The minimum atomic E-state index is 0.176. The van der Waals surface area contributed by atoms with Gasteiger partial charge in [0.2, 0.25) is 0 Å². The van der Waals surface area contributed by atoms with E-state index in [4.69, 9.17) is 0 Å². The second kappa shape index (κ2) is 9.24. The zero-order chi connectivity index (χ0) is 20.2. The molecule has 0 radical (unpaired) electrons. The van der Waals surface area contributed by atoms with Crippen LogP contribution in [-0.4, -0.2) is 5.75 Å². The van der Waals surface area contributed by atoms with Crippen LogP contribution in [0.15, 0.2) is 58.7 Å². The van der Waals surface area contributed by atoms with Crippen molar-refractivity contribution in [2.75, 3.05) is 5.75 Å². The molecule has 1 heteroatoms. The second-order valence-electron chi connectivity index (χ2n) is 9.59. The summed E-state index contributed by atoms with van der Waals surface area (Å²) in [7, 11) is 0. The Bertz CT molecular complexity index is 709. The van der Waals surface area contributed by atoms with Gasteiger partial charge in [-0.1, -0.05) is 89.8 Å². The fraction of sp³-hybridized carbons (Fsp3) is 0.630. The topological polar surface area (TPSA) is 0 Å². The number of rotatable bonds is 3. The molecule has 0 N–H and O–H groups in total. The molecule has 28 heavy (non-hydrogen) atoms. The van der Waals surface area contributed by atoms with Crippen LogP contribution in [0.3, 0.4) is 0 Å². The van der Waals surface area contributed by atoms with Crippen LogP contribution < -0.4 is 0 Å². The van der Waals surface area contributed by atoms with Crippen LogP contribution in [0.25, 0.3) is 0 Å². The first-order valence-corrected chi connectivity index (χ1v) is 12.3. The molecule has 0 aromatic rings. The first-order chi connectivity index (χ1) is 13.5. The molecule has 0 aromatic heterocycles. The highest BCUT2D eigenvalue weighted by atomic mass is 32.1. The lowest BCUT2D eigenvalue weighted by atomic mass is 9.65. The van der Waals surface area contributed by atoms with Crippen molar-refractivity contribution in [1.29, 1.82) is 0 Å². The Balaban J connectivity index is 0.000000706. The molecule has 4 aliphatic carbocycles. The Morgan fingerprint density at radius 1 is 1.07 bits per heavy atom. The third kappa shape index (κ3) is 4.16. The monoisotopic (exact) mass is 396 g/mol. The SMILES string of the molecule is CC1C=C2C(=CC1)C1=C(C=CC(C)(CCCS)C=C1)C21CCCCC1.CCC. The predicted molar refractivity (Wildman–Crippen MR) is 128 cm³/mol. The fourth-order valence-electron chi connectivity index (χ4n) is 5.43. The summed E-state index contributed by atoms with van der Waals surface area (Å²) in [4.78, 5) is 0. The lowest BCUT2D eigenvalue weighted by molar-refractivity contribution is 0.303. The minimum Gasteiger partial charge on any atom is -0.179 e. The predicted octanol–water partition coefficient (Wildman–Crippen LogP) is 8.40. The molecule has 1 saturated carbocycles. The van der Waals surface area contributed by atoms with Gasteiger partial charge in [-0.25, -0.2) is 0 Å². The van der Waals surface area contributed by atoms with E-state index in [9.17, 15) is 0 Å². The van der Waals surface area contributed by atoms with Crippen molar-refractivity contribution in [3.05, 3.63) is 58.7 Å². The van der Waals surface area contributed by atoms with Crippen molar-refractivity contribution < 1.29 is 0 Å². The number of allylic oxidation sites excluding steroid dienone is 10. The van der Waals surface area contributed by atoms with E-state index in [1.165, 1.54) is 63.4 Å². The molecule has 1 spiro atoms. The highest BCUT2D eigenvalue weighted by molar-refractivity contribution is 7.80. The van der Waals surface area contributed by atoms with Gasteiger partial charge in [-0.2, -0.15) is 12.6 Å². The molecule has 0 aromatic carbocycles. The fourth-order valence-corrected chi connectivity index (χ4v) is 5.59. The number of fused-ring (bicyclic) bond motifs is 4. The Hall–Kier alpha value is -0.950. The van der Waals surface area contributed by atoms with E-state index in [0.29, 0.717) is 11.3 Å². The minimum absolute atomic E-state index is 0.176. The molecular weight excluding hydrogens is 356 g/mol. The van der Waals surface area contributed by atoms with Gasteiger partial charge < -0.3 is 0 Å². The lowest BCUT2D eigenvalue weighted by Crippen LogP contribution is -2.26. The van der Waals surface area contributed by atoms with Crippen molar-refractivity contribution in [2.45, 2.75) is 85.5 Å². The van der Waals surface area contributed by atoms with Gasteiger partial charge in [0.05, 0.1) is 0 Å². The third-order valence-electron chi connectivity index (χ3n) is 6.89. The lowest BCUT2D eigenvalue weighted by Gasteiger charge is -2.38. The normalized spacial score (nSPS) is 30.1.